The Labute approximate surface area is 91.6 Å². The summed E-state index contributed by atoms with van der Waals surface area (Å²) in [6, 6.07) is 1.83. The molecule has 4 nitrogen and oxygen atoms in total. The van der Waals surface area contributed by atoms with Crippen molar-refractivity contribution in [2.45, 2.75) is 39.2 Å². The van der Waals surface area contributed by atoms with Gasteiger partial charge in [-0.3, -0.25) is 4.79 Å². The van der Waals surface area contributed by atoms with Gasteiger partial charge in [0, 0.05) is 6.42 Å². The third-order valence-electron chi connectivity index (χ3n) is 2.05. The topological polar surface area (TPSA) is 62.1 Å². The molecular weight excluding hydrogens is 192 g/mol. The van der Waals surface area contributed by atoms with Crippen LogP contribution in [0.3, 0.4) is 0 Å². The lowest BCUT2D eigenvalue weighted by atomic mass is 10.0. The zero-order chi connectivity index (χ0) is 11.7. The monoisotopic (exact) mass is 212 g/mol. The first-order valence-corrected chi connectivity index (χ1v) is 5.30. The summed E-state index contributed by atoms with van der Waals surface area (Å²) in [4.78, 5) is 11.4. The van der Waals surface area contributed by atoms with E-state index in [2.05, 4.69) is 25.2 Å². The number of esters is 1. The molecule has 0 aromatic rings. The number of hydrogen-bond donors (Lipinski definition) is 1. The van der Waals surface area contributed by atoms with Gasteiger partial charge in [-0.05, 0) is 25.3 Å². The van der Waals surface area contributed by atoms with Crippen molar-refractivity contribution in [2.24, 2.45) is 5.92 Å². The molecule has 1 unspecified atom stereocenters. The highest BCUT2D eigenvalue weighted by Gasteiger charge is 2.19. The number of hydrogen-bond acceptors (Lipinski definition) is 4. The molecule has 0 amide bonds. The highest BCUT2D eigenvalue weighted by Crippen LogP contribution is 2.06. The number of nitrogens with one attached hydrogen (secondary N) is 1. The van der Waals surface area contributed by atoms with Gasteiger partial charge < -0.3 is 10.1 Å². The Morgan fingerprint density at radius 1 is 1.53 bits per heavy atom. The minimum Gasteiger partial charge on any atom is -0.468 e. The Kier molecular flexibility index (Phi) is 7.65. The van der Waals surface area contributed by atoms with Crippen LogP contribution >= 0.6 is 0 Å². The van der Waals surface area contributed by atoms with Crippen LogP contribution in [0.2, 0.25) is 0 Å². The molecule has 0 aliphatic heterocycles. The van der Waals surface area contributed by atoms with Crippen LogP contribution in [-0.4, -0.2) is 25.7 Å². The lowest BCUT2D eigenvalue weighted by Gasteiger charge is -2.17. The van der Waals surface area contributed by atoms with E-state index in [9.17, 15) is 4.79 Å². The van der Waals surface area contributed by atoms with E-state index < -0.39 is 0 Å². The summed E-state index contributed by atoms with van der Waals surface area (Å²) in [5.41, 5.74) is 0. The van der Waals surface area contributed by atoms with Gasteiger partial charge in [-0.25, -0.2) is 0 Å². The van der Waals surface area contributed by atoms with Gasteiger partial charge in [-0.15, -0.1) is 0 Å². The predicted molar refractivity (Wildman–Crippen MR) is 58.1 cm³/mol. The van der Waals surface area contributed by atoms with Crippen LogP contribution in [0.15, 0.2) is 0 Å². The summed E-state index contributed by atoms with van der Waals surface area (Å²) in [5, 5.41) is 11.5. The van der Waals surface area contributed by atoms with Crippen molar-refractivity contribution in [2.75, 3.05) is 13.7 Å². The number of nitriles is 1. The Hall–Kier alpha value is -1.08. The van der Waals surface area contributed by atoms with Crippen LogP contribution in [0.1, 0.15) is 33.1 Å². The molecule has 0 aromatic carbocycles. The van der Waals surface area contributed by atoms with Crippen LogP contribution in [-0.2, 0) is 9.53 Å². The summed E-state index contributed by atoms with van der Waals surface area (Å²) < 4.78 is 4.70. The number of carbonyl (C=O) groups excluding carboxylic acids is 1. The first-order valence-electron chi connectivity index (χ1n) is 5.30. The smallest absolute Gasteiger partial charge is 0.322 e. The minimum atomic E-state index is -0.242. The molecule has 15 heavy (non-hydrogen) atoms. The molecule has 0 rings (SSSR count). The van der Waals surface area contributed by atoms with Gasteiger partial charge in [0.05, 0.1) is 13.2 Å². The minimum absolute atomic E-state index is 0.222. The zero-order valence-electron chi connectivity index (χ0n) is 9.75. The molecule has 1 N–H and O–H groups in total. The van der Waals surface area contributed by atoms with E-state index >= 15 is 0 Å². The maximum absolute atomic E-state index is 11.4. The molecule has 0 aromatic heterocycles. The number of rotatable bonds is 7. The molecule has 0 aliphatic carbocycles. The van der Waals surface area contributed by atoms with Crippen molar-refractivity contribution >= 4 is 5.97 Å². The van der Waals surface area contributed by atoms with Crippen LogP contribution in [0.5, 0.6) is 0 Å². The number of ether oxygens (including phenoxy) is 1. The third-order valence-corrected chi connectivity index (χ3v) is 2.05. The maximum Gasteiger partial charge on any atom is 0.322 e. The Balaban J connectivity index is 3.91. The van der Waals surface area contributed by atoms with Gasteiger partial charge in [0.15, 0.2) is 0 Å². The van der Waals surface area contributed by atoms with E-state index in [1.807, 2.05) is 0 Å². The predicted octanol–water partition coefficient (Wildman–Crippen LogP) is 1.47. The summed E-state index contributed by atoms with van der Waals surface area (Å²) in [7, 11) is 1.40. The molecule has 0 fully saturated rings. The first-order chi connectivity index (χ1) is 7.11. The normalized spacial score (nSPS) is 12.2. The lowest BCUT2D eigenvalue weighted by Crippen LogP contribution is -2.39. The SMILES string of the molecule is COC(=O)C(CC(C)C)NCCCC#N. The average Bonchev–Trinajstić information content (AvgIpc) is 2.21. The standard InChI is InChI=1S/C11H20N2O2/c1-9(2)8-10(11(14)15-3)13-7-5-4-6-12/h9-10,13H,4-5,7-8H2,1-3H3. The number of unbranched alkanes of at least 4 members (excludes halogenated alkanes) is 1. The van der Waals surface area contributed by atoms with E-state index in [0.29, 0.717) is 18.9 Å². The molecule has 0 heterocycles. The Bertz CT molecular complexity index is 221. The summed E-state index contributed by atoms with van der Waals surface area (Å²) in [6.07, 6.45) is 2.05. The van der Waals surface area contributed by atoms with Crippen LogP contribution in [0.4, 0.5) is 0 Å². The van der Waals surface area contributed by atoms with Gasteiger partial charge in [-0.2, -0.15) is 5.26 Å². The van der Waals surface area contributed by atoms with Gasteiger partial charge in [-0.1, -0.05) is 13.8 Å². The van der Waals surface area contributed by atoms with E-state index in [4.69, 9.17) is 10.00 Å². The van der Waals surface area contributed by atoms with Gasteiger partial charge in [0.1, 0.15) is 6.04 Å². The van der Waals surface area contributed by atoms with Gasteiger partial charge in [0.25, 0.3) is 0 Å². The molecule has 0 radical (unpaired) electrons. The first kappa shape index (κ1) is 13.9. The largest absolute Gasteiger partial charge is 0.468 e. The molecule has 0 saturated heterocycles. The molecule has 0 spiro atoms. The number of nitrogens with zero attached hydrogens (tertiary/aromatic N) is 1. The molecule has 0 bridgehead atoms. The Morgan fingerprint density at radius 3 is 2.67 bits per heavy atom. The second-order valence-corrected chi connectivity index (χ2v) is 3.92. The van der Waals surface area contributed by atoms with Crippen LogP contribution < -0.4 is 5.32 Å². The number of methoxy groups -OCH3 is 1. The fourth-order valence-corrected chi connectivity index (χ4v) is 1.32. The van der Waals surface area contributed by atoms with E-state index in [-0.39, 0.29) is 12.0 Å². The second-order valence-electron chi connectivity index (χ2n) is 3.92. The fraction of sp³-hybridized carbons (Fsp3) is 0.818. The van der Waals surface area contributed by atoms with E-state index in [1.165, 1.54) is 7.11 Å². The Morgan fingerprint density at radius 2 is 2.20 bits per heavy atom. The highest BCUT2D eigenvalue weighted by atomic mass is 16.5. The van der Waals surface area contributed by atoms with Crippen molar-refractivity contribution in [1.82, 2.24) is 5.32 Å². The fourth-order valence-electron chi connectivity index (χ4n) is 1.32. The molecular formula is C11H20N2O2. The van der Waals surface area contributed by atoms with Crippen molar-refractivity contribution in [3.05, 3.63) is 0 Å². The maximum atomic E-state index is 11.4. The van der Waals surface area contributed by atoms with E-state index in [0.717, 1.165) is 12.8 Å². The van der Waals surface area contributed by atoms with Gasteiger partial charge in [0.2, 0.25) is 0 Å². The van der Waals surface area contributed by atoms with Crippen molar-refractivity contribution in [1.29, 1.82) is 5.26 Å². The molecule has 4 heteroatoms. The van der Waals surface area contributed by atoms with E-state index in [1.54, 1.807) is 0 Å². The van der Waals surface area contributed by atoms with Crippen LogP contribution in [0, 0.1) is 17.2 Å². The molecule has 1 atom stereocenters. The summed E-state index contributed by atoms with van der Waals surface area (Å²) in [6.45, 7) is 4.81. The van der Waals surface area contributed by atoms with Crippen molar-refractivity contribution in [3.8, 4) is 6.07 Å². The summed E-state index contributed by atoms with van der Waals surface area (Å²) in [5.74, 6) is 0.221. The number of carbonyl (C=O) groups is 1. The molecule has 86 valence electrons. The highest BCUT2D eigenvalue weighted by molar-refractivity contribution is 5.75. The van der Waals surface area contributed by atoms with Gasteiger partial charge >= 0.3 is 5.97 Å². The molecule has 0 aliphatic rings. The second kappa shape index (κ2) is 8.25. The summed E-state index contributed by atoms with van der Waals surface area (Å²) >= 11 is 0. The van der Waals surface area contributed by atoms with Crippen LogP contribution in [0.25, 0.3) is 0 Å². The lowest BCUT2D eigenvalue weighted by molar-refractivity contribution is -0.143. The molecule has 0 saturated carbocycles. The average molecular weight is 212 g/mol. The third kappa shape index (κ3) is 6.92. The zero-order valence-corrected chi connectivity index (χ0v) is 9.75. The quantitative estimate of drug-likeness (QED) is 0.512. The van der Waals surface area contributed by atoms with Crippen molar-refractivity contribution in [3.63, 3.8) is 0 Å². The van der Waals surface area contributed by atoms with Crippen molar-refractivity contribution < 1.29 is 9.53 Å².